The second-order valence-corrected chi connectivity index (χ2v) is 6.51. The molecule has 0 spiro atoms. The average Bonchev–Trinajstić information content (AvgIpc) is 3.21. The molecule has 3 aromatic rings. The van der Waals surface area contributed by atoms with E-state index in [0.717, 1.165) is 24.4 Å². The minimum absolute atomic E-state index is 0.0274. The van der Waals surface area contributed by atoms with Crippen LogP contribution >= 0.6 is 0 Å². The van der Waals surface area contributed by atoms with Crippen molar-refractivity contribution in [2.24, 2.45) is 7.05 Å². The number of hydrogen-bond acceptors (Lipinski definition) is 4. The first-order valence-corrected chi connectivity index (χ1v) is 8.73. The summed E-state index contributed by atoms with van der Waals surface area (Å²) in [5.41, 5.74) is 0.660. The van der Waals surface area contributed by atoms with Crippen molar-refractivity contribution < 1.29 is 13.9 Å². The molecule has 0 radical (unpaired) electrons. The van der Waals surface area contributed by atoms with Crippen LogP contribution in [0.15, 0.2) is 59.5 Å². The van der Waals surface area contributed by atoms with E-state index in [9.17, 15) is 4.79 Å². The molecule has 1 amide bonds. The molecule has 4 rings (SSSR count). The highest BCUT2D eigenvalue weighted by atomic mass is 16.5. The van der Waals surface area contributed by atoms with Gasteiger partial charge in [-0.2, -0.15) is 0 Å². The first-order chi connectivity index (χ1) is 12.7. The quantitative estimate of drug-likeness (QED) is 0.655. The maximum Gasteiger partial charge on any atom is 0.254 e. The van der Waals surface area contributed by atoms with Gasteiger partial charge >= 0.3 is 0 Å². The first-order valence-electron chi connectivity index (χ1n) is 8.73. The van der Waals surface area contributed by atoms with Gasteiger partial charge in [0.1, 0.15) is 23.9 Å². The monoisotopic (exact) mass is 351 g/mol. The zero-order valence-electron chi connectivity index (χ0n) is 14.7. The number of ether oxygens (including phenoxy) is 1. The van der Waals surface area contributed by atoms with Crippen LogP contribution in [0.3, 0.4) is 0 Å². The van der Waals surface area contributed by atoms with Gasteiger partial charge in [0.15, 0.2) is 0 Å². The van der Waals surface area contributed by atoms with E-state index in [1.165, 1.54) is 0 Å². The number of imidazole rings is 1. The molecule has 6 nitrogen and oxygen atoms in total. The fraction of sp³-hybridized carbons (Fsp3) is 0.300. The molecule has 1 saturated carbocycles. The Balaban J connectivity index is 1.41. The Morgan fingerprint density at radius 3 is 2.73 bits per heavy atom. The van der Waals surface area contributed by atoms with Crippen LogP contribution in [0.4, 0.5) is 0 Å². The summed E-state index contributed by atoms with van der Waals surface area (Å²) in [6, 6.07) is 11.3. The van der Waals surface area contributed by atoms with Gasteiger partial charge in [0.05, 0.1) is 12.8 Å². The third-order valence-corrected chi connectivity index (χ3v) is 4.54. The van der Waals surface area contributed by atoms with E-state index in [4.69, 9.17) is 9.15 Å². The summed E-state index contributed by atoms with van der Waals surface area (Å²) in [5.74, 6) is 2.40. The Kier molecular flexibility index (Phi) is 4.48. The normalized spacial score (nSPS) is 13.6. The number of carbonyl (C=O) groups excluding carboxylic acids is 1. The molecular weight excluding hydrogens is 330 g/mol. The highest BCUT2D eigenvalue weighted by Crippen LogP contribution is 2.30. The smallest absolute Gasteiger partial charge is 0.254 e. The van der Waals surface area contributed by atoms with Crippen LogP contribution in [-0.2, 0) is 20.2 Å². The number of hydrogen-bond donors (Lipinski definition) is 0. The Labute approximate surface area is 152 Å². The summed E-state index contributed by atoms with van der Waals surface area (Å²) in [6.07, 6.45) is 7.37. The van der Waals surface area contributed by atoms with Crippen LogP contribution < -0.4 is 4.74 Å². The lowest BCUT2D eigenvalue weighted by atomic mass is 10.2. The van der Waals surface area contributed by atoms with Gasteiger partial charge in [-0.1, -0.05) is 0 Å². The predicted molar refractivity (Wildman–Crippen MR) is 95.6 cm³/mol. The molecular formula is C20H21N3O3. The van der Waals surface area contributed by atoms with Crippen molar-refractivity contribution in [1.82, 2.24) is 14.5 Å². The van der Waals surface area contributed by atoms with Gasteiger partial charge in [0.2, 0.25) is 0 Å². The largest absolute Gasteiger partial charge is 0.486 e. The number of furan rings is 1. The van der Waals surface area contributed by atoms with Gasteiger partial charge in [0.25, 0.3) is 5.91 Å². The molecule has 0 N–H and O–H groups in total. The van der Waals surface area contributed by atoms with Gasteiger partial charge in [-0.25, -0.2) is 4.98 Å². The number of nitrogens with zero attached hydrogens (tertiary/aromatic N) is 3. The Morgan fingerprint density at radius 2 is 2.12 bits per heavy atom. The number of aryl methyl sites for hydroxylation is 1. The molecule has 1 aliphatic rings. The molecule has 0 saturated heterocycles. The first kappa shape index (κ1) is 16.4. The zero-order chi connectivity index (χ0) is 17.9. The molecule has 134 valence electrons. The van der Waals surface area contributed by atoms with E-state index < -0.39 is 0 Å². The summed E-state index contributed by atoms with van der Waals surface area (Å²) in [4.78, 5) is 19.0. The van der Waals surface area contributed by atoms with Gasteiger partial charge in [-0.05, 0) is 49.2 Å². The van der Waals surface area contributed by atoms with Crippen molar-refractivity contribution in [2.45, 2.75) is 32.0 Å². The molecule has 1 aliphatic carbocycles. The lowest BCUT2D eigenvalue weighted by Gasteiger charge is -2.21. The highest BCUT2D eigenvalue weighted by Gasteiger charge is 2.33. The second-order valence-electron chi connectivity index (χ2n) is 6.51. The van der Waals surface area contributed by atoms with Crippen LogP contribution in [0.25, 0.3) is 0 Å². The number of rotatable bonds is 7. The maximum atomic E-state index is 12.9. The summed E-state index contributed by atoms with van der Waals surface area (Å²) >= 11 is 0. The van der Waals surface area contributed by atoms with Crippen molar-refractivity contribution in [3.63, 3.8) is 0 Å². The molecule has 0 unspecified atom stereocenters. The van der Waals surface area contributed by atoms with Crippen molar-refractivity contribution in [1.29, 1.82) is 0 Å². The molecule has 2 aromatic heterocycles. The third kappa shape index (κ3) is 3.64. The minimum Gasteiger partial charge on any atom is -0.486 e. The van der Waals surface area contributed by atoms with Crippen molar-refractivity contribution >= 4 is 5.91 Å². The van der Waals surface area contributed by atoms with Gasteiger partial charge in [0, 0.05) is 31.0 Å². The van der Waals surface area contributed by atoms with E-state index in [1.54, 1.807) is 12.5 Å². The van der Waals surface area contributed by atoms with E-state index in [1.807, 2.05) is 59.1 Å². The number of amides is 1. The fourth-order valence-electron chi connectivity index (χ4n) is 2.87. The molecule has 0 aliphatic heterocycles. The molecule has 26 heavy (non-hydrogen) atoms. The summed E-state index contributed by atoms with van der Waals surface area (Å²) in [6.45, 7) is 0.900. The molecule has 1 aromatic carbocycles. The van der Waals surface area contributed by atoms with Gasteiger partial charge in [-0.15, -0.1) is 0 Å². The molecule has 0 atom stereocenters. The summed E-state index contributed by atoms with van der Waals surface area (Å²) in [5, 5.41) is 0. The average molecular weight is 351 g/mol. The van der Waals surface area contributed by atoms with E-state index in [-0.39, 0.29) is 5.91 Å². The Morgan fingerprint density at radius 1 is 1.31 bits per heavy atom. The Bertz CT molecular complexity index is 864. The maximum absolute atomic E-state index is 12.9. The Hall–Kier alpha value is -3.02. The van der Waals surface area contributed by atoms with Crippen molar-refractivity contribution in [3.8, 4) is 5.75 Å². The molecule has 1 fully saturated rings. The van der Waals surface area contributed by atoms with Crippen LogP contribution in [0.1, 0.15) is 34.8 Å². The van der Waals surface area contributed by atoms with Crippen molar-refractivity contribution in [2.75, 3.05) is 0 Å². The number of aromatic nitrogens is 2. The predicted octanol–water partition coefficient (Wildman–Crippen LogP) is 3.40. The molecule has 2 heterocycles. The number of benzene rings is 1. The molecule has 0 bridgehead atoms. The van der Waals surface area contributed by atoms with Crippen LogP contribution in [-0.4, -0.2) is 26.4 Å². The lowest BCUT2D eigenvalue weighted by molar-refractivity contribution is 0.0717. The van der Waals surface area contributed by atoms with Crippen molar-refractivity contribution in [3.05, 3.63) is 72.2 Å². The van der Waals surface area contributed by atoms with Crippen LogP contribution in [0, 0.1) is 0 Å². The topological polar surface area (TPSA) is 60.5 Å². The standard InChI is InChI=1S/C20H21N3O3/c1-22-11-10-21-19(22)14-26-17-8-4-15(5-9-17)20(24)23(16-6-7-16)13-18-3-2-12-25-18/h2-5,8-12,16H,6-7,13-14H2,1H3. The highest BCUT2D eigenvalue weighted by molar-refractivity contribution is 5.94. The molecule has 6 heteroatoms. The van der Waals surface area contributed by atoms with E-state index >= 15 is 0 Å². The van der Waals surface area contributed by atoms with E-state index in [0.29, 0.717) is 30.5 Å². The lowest BCUT2D eigenvalue weighted by Crippen LogP contribution is -2.32. The fourth-order valence-corrected chi connectivity index (χ4v) is 2.87. The summed E-state index contributed by atoms with van der Waals surface area (Å²) < 4.78 is 13.1. The minimum atomic E-state index is 0.0274. The SMILES string of the molecule is Cn1ccnc1COc1ccc(C(=O)N(Cc2ccco2)C2CC2)cc1. The van der Waals surface area contributed by atoms with Gasteiger partial charge in [-0.3, -0.25) is 4.79 Å². The third-order valence-electron chi connectivity index (χ3n) is 4.54. The number of carbonyl (C=O) groups is 1. The van der Waals surface area contributed by atoms with Crippen LogP contribution in [0.2, 0.25) is 0 Å². The summed E-state index contributed by atoms with van der Waals surface area (Å²) in [7, 11) is 1.93. The van der Waals surface area contributed by atoms with Gasteiger partial charge < -0.3 is 18.6 Å². The second kappa shape index (κ2) is 7.07. The van der Waals surface area contributed by atoms with Crippen LogP contribution in [0.5, 0.6) is 5.75 Å². The van der Waals surface area contributed by atoms with E-state index in [2.05, 4.69) is 4.98 Å². The zero-order valence-corrected chi connectivity index (χ0v) is 14.7.